The highest BCUT2D eigenvalue weighted by molar-refractivity contribution is 5.85. The van der Waals surface area contributed by atoms with Crippen LogP contribution in [0.3, 0.4) is 0 Å². The lowest BCUT2D eigenvalue weighted by molar-refractivity contribution is -0.126. The predicted molar refractivity (Wildman–Crippen MR) is 84.7 cm³/mol. The van der Waals surface area contributed by atoms with Gasteiger partial charge in [0.05, 0.1) is 5.54 Å². The van der Waals surface area contributed by atoms with Gasteiger partial charge >= 0.3 is 0 Å². The van der Waals surface area contributed by atoms with Crippen molar-refractivity contribution < 1.29 is 4.79 Å². The molecule has 0 aliphatic carbocycles. The van der Waals surface area contributed by atoms with Gasteiger partial charge in [-0.05, 0) is 25.8 Å². The van der Waals surface area contributed by atoms with Crippen LogP contribution in [0.5, 0.6) is 0 Å². The minimum atomic E-state index is -0.780. The first-order valence-electron chi connectivity index (χ1n) is 7.33. The summed E-state index contributed by atoms with van der Waals surface area (Å²) in [5.41, 5.74) is 7.63. The maximum absolute atomic E-state index is 12.2. The fourth-order valence-corrected chi connectivity index (χ4v) is 2.30. The third-order valence-corrected chi connectivity index (χ3v) is 3.78. The van der Waals surface area contributed by atoms with Crippen molar-refractivity contribution in [1.82, 2.24) is 5.32 Å². The molecule has 0 saturated carbocycles. The molecule has 3 N–H and O–H groups in total. The van der Waals surface area contributed by atoms with E-state index in [-0.39, 0.29) is 11.3 Å². The average molecular weight is 276 g/mol. The highest BCUT2D eigenvalue weighted by Crippen LogP contribution is 2.23. The number of carbonyl (C=O) groups excluding carboxylic acids is 1. The summed E-state index contributed by atoms with van der Waals surface area (Å²) in [6.45, 7) is 10.8. The second-order valence-electron chi connectivity index (χ2n) is 6.60. The lowest BCUT2D eigenvalue weighted by Gasteiger charge is -2.29. The normalized spacial score (nSPS) is 14.7. The quantitative estimate of drug-likeness (QED) is 0.839. The van der Waals surface area contributed by atoms with Gasteiger partial charge in [-0.1, -0.05) is 57.0 Å². The van der Waals surface area contributed by atoms with Gasteiger partial charge in [-0.25, -0.2) is 0 Å². The number of hydrogen-bond donors (Lipinski definition) is 2. The molecule has 3 nitrogen and oxygen atoms in total. The first-order chi connectivity index (χ1) is 9.19. The Bertz CT molecular complexity index is 464. The molecule has 1 aromatic carbocycles. The molecule has 1 unspecified atom stereocenters. The minimum Gasteiger partial charge on any atom is -0.354 e. The van der Waals surface area contributed by atoms with E-state index in [2.05, 4.69) is 50.4 Å². The maximum atomic E-state index is 12.2. The van der Waals surface area contributed by atoms with Crippen LogP contribution in [-0.4, -0.2) is 18.0 Å². The van der Waals surface area contributed by atoms with Crippen molar-refractivity contribution in [1.29, 1.82) is 0 Å². The van der Waals surface area contributed by atoms with E-state index in [1.807, 2.05) is 6.92 Å². The van der Waals surface area contributed by atoms with E-state index in [1.165, 1.54) is 11.1 Å². The monoisotopic (exact) mass is 276 g/mol. The Balaban J connectivity index is 2.71. The number of hydrogen-bond acceptors (Lipinski definition) is 2. The molecular weight excluding hydrogens is 248 g/mol. The molecule has 112 valence electrons. The van der Waals surface area contributed by atoms with E-state index in [9.17, 15) is 4.79 Å². The average Bonchev–Trinajstić information content (AvgIpc) is 2.36. The Kier molecular flexibility index (Phi) is 5.35. The lowest BCUT2D eigenvalue weighted by Crippen LogP contribution is -2.53. The third-order valence-electron chi connectivity index (χ3n) is 3.78. The number of carbonyl (C=O) groups is 1. The van der Waals surface area contributed by atoms with Crippen molar-refractivity contribution in [2.45, 2.75) is 58.4 Å². The van der Waals surface area contributed by atoms with E-state index in [1.54, 1.807) is 6.92 Å². The highest BCUT2D eigenvalue weighted by atomic mass is 16.2. The number of amides is 1. The van der Waals surface area contributed by atoms with Crippen LogP contribution < -0.4 is 11.1 Å². The van der Waals surface area contributed by atoms with Crippen molar-refractivity contribution in [2.75, 3.05) is 6.54 Å². The Morgan fingerprint density at radius 3 is 2.50 bits per heavy atom. The summed E-state index contributed by atoms with van der Waals surface area (Å²) < 4.78 is 0. The van der Waals surface area contributed by atoms with Gasteiger partial charge in [-0.15, -0.1) is 0 Å². The first kappa shape index (κ1) is 16.7. The molecule has 0 aliphatic heterocycles. The van der Waals surface area contributed by atoms with Gasteiger partial charge in [0.2, 0.25) is 5.91 Å². The summed E-state index contributed by atoms with van der Waals surface area (Å²) in [7, 11) is 0. The molecule has 1 amide bonds. The summed E-state index contributed by atoms with van der Waals surface area (Å²) >= 11 is 0. The van der Waals surface area contributed by atoms with Gasteiger partial charge in [0.1, 0.15) is 0 Å². The summed E-state index contributed by atoms with van der Waals surface area (Å²) in [6, 6.07) is 8.40. The van der Waals surface area contributed by atoms with Crippen LogP contribution in [0, 0.1) is 6.92 Å². The van der Waals surface area contributed by atoms with Crippen LogP contribution in [0.2, 0.25) is 0 Å². The Morgan fingerprint density at radius 1 is 1.30 bits per heavy atom. The van der Waals surface area contributed by atoms with Crippen LogP contribution >= 0.6 is 0 Å². The van der Waals surface area contributed by atoms with Gasteiger partial charge in [-0.3, -0.25) is 4.79 Å². The molecule has 1 atom stereocenters. The molecule has 3 heteroatoms. The summed E-state index contributed by atoms with van der Waals surface area (Å²) in [6.07, 6.45) is 1.60. The Morgan fingerprint density at radius 2 is 1.95 bits per heavy atom. The molecule has 0 saturated heterocycles. The molecule has 0 heterocycles. The Labute approximate surface area is 122 Å². The molecule has 0 aromatic heterocycles. The molecule has 0 fully saturated rings. The first-order valence-corrected chi connectivity index (χ1v) is 7.33. The van der Waals surface area contributed by atoms with Gasteiger partial charge in [-0.2, -0.15) is 0 Å². The van der Waals surface area contributed by atoms with Crippen molar-refractivity contribution in [2.24, 2.45) is 5.73 Å². The zero-order chi connectivity index (χ0) is 15.4. The predicted octanol–water partition coefficient (Wildman–Crippen LogP) is 2.91. The molecular formula is C17H28N2O. The van der Waals surface area contributed by atoms with Gasteiger partial charge in [0, 0.05) is 12.0 Å². The van der Waals surface area contributed by atoms with Crippen molar-refractivity contribution >= 4 is 5.91 Å². The fraction of sp³-hybridized carbons (Fsp3) is 0.588. The molecule has 1 aromatic rings. The zero-order valence-corrected chi connectivity index (χ0v) is 13.4. The van der Waals surface area contributed by atoms with Crippen LogP contribution in [0.4, 0.5) is 0 Å². The lowest BCUT2D eigenvalue weighted by atomic mass is 9.83. The molecule has 1 rings (SSSR count). The number of aryl methyl sites for hydroxylation is 1. The SMILES string of the molecule is CCCC(C)(N)C(=O)NCC(C)(C)c1cccc(C)c1. The van der Waals surface area contributed by atoms with Crippen LogP contribution in [0.25, 0.3) is 0 Å². The molecule has 0 radical (unpaired) electrons. The van der Waals surface area contributed by atoms with Crippen molar-refractivity contribution in [3.8, 4) is 0 Å². The minimum absolute atomic E-state index is 0.0694. The van der Waals surface area contributed by atoms with Crippen LogP contribution in [0.15, 0.2) is 24.3 Å². The Hall–Kier alpha value is -1.35. The van der Waals surface area contributed by atoms with Gasteiger partial charge in [0.25, 0.3) is 0 Å². The van der Waals surface area contributed by atoms with Gasteiger partial charge in [0.15, 0.2) is 0 Å². The van der Waals surface area contributed by atoms with E-state index >= 15 is 0 Å². The highest BCUT2D eigenvalue weighted by Gasteiger charge is 2.29. The summed E-state index contributed by atoms with van der Waals surface area (Å²) in [5, 5.41) is 3.00. The standard InChI is InChI=1S/C17H28N2O/c1-6-10-17(5,18)15(20)19-12-16(3,4)14-9-7-8-13(2)11-14/h7-9,11H,6,10,12,18H2,1-5H3,(H,19,20). The maximum Gasteiger partial charge on any atom is 0.239 e. The van der Waals surface area contributed by atoms with E-state index < -0.39 is 5.54 Å². The second-order valence-corrected chi connectivity index (χ2v) is 6.60. The van der Waals surface area contributed by atoms with E-state index in [4.69, 9.17) is 5.73 Å². The van der Waals surface area contributed by atoms with Crippen LogP contribution in [-0.2, 0) is 10.2 Å². The number of rotatable bonds is 6. The largest absolute Gasteiger partial charge is 0.354 e. The third kappa shape index (κ3) is 4.34. The summed E-state index contributed by atoms with van der Waals surface area (Å²) in [4.78, 5) is 12.2. The molecule has 0 aliphatic rings. The van der Waals surface area contributed by atoms with Gasteiger partial charge < -0.3 is 11.1 Å². The van der Waals surface area contributed by atoms with Crippen molar-refractivity contribution in [3.05, 3.63) is 35.4 Å². The number of benzene rings is 1. The molecule has 0 bridgehead atoms. The fourth-order valence-electron chi connectivity index (χ4n) is 2.30. The summed E-state index contributed by atoms with van der Waals surface area (Å²) in [5.74, 6) is -0.0694. The smallest absolute Gasteiger partial charge is 0.239 e. The van der Waals surface area contributed by atoms with E-state index in [0.717, 1.165) is 6.42 Å². The zero-order valence-electron chi connectivity index (χ0n) is 13.4. The number of nitrogens with two attached hydrogens (primary N) is 1. The number of nitrogens with one attached hydrogen (secondary N) is 1. The van der Waals surface area contributed by atoms with E-state index in [0.29, 0.717) is 13.0 Å². The topological polar surface area (TPSA) is 55.1 Å². The van der Waals surface area contributed by atoms with Crippen LogP contribution in [0.1, 0.15) is 51.7 Å². The second kappa shape index (κ2) is 6.40. The molecule has 0 spiro atoms. The molecule has 20 heavy (non-hydrogen) atoms. The van der Waals surface area contributed by atoms with Crippen molar-refractivity contribution in [3.63, 3.8) is 0 Å².